The lowest BCUT2D eigenvalue weighted by molar-refractivity contribution is -0.385. The molecule has 0 bridgehead atoms. The van der Waals surface area contributed by atoms with Gasteiger partial charge in [0.15, 0.2) is 0 Å². The van der Waals surface area contributed by atoms with E-state index in [1.165, 1.54) is 7.11 Å². The Balaban J connectivity index is 1.43. The number of amides is 1. The Kier molecular flexibility index (Phi) is 5.12. The first-order chi connectivity index (χ1) is 14.5. The number of carbonyl (C=O) groups is 1. The first-order valence-corrected chi connectivity index (χ1v) is 9.08. The van der Waals surface area contributed by atoms with Crippen molar-refractivity contribution >= 4 is 28.1 Å². The fourth-order valence-electron chi connectivity index (χ4n) is 3.21. The van der Waals surface area contributed by atoms with Gasteiger partial charge in [0.2, 0.25) is 5.91 Å². The maximum Gasteiger partial charge on any atom is 0.350 e. The number of nitrogens with one attached hydrogen (secondary N) is 1. The van der Waals surface area contributed by atoms with E-state index in [4.69, 9.17) is 4.74 Å². The van der Waals surface area contributed by atoms with Gasteiger partial charge in [-0.1, -0.05) is 42.5 Å². The quantitative estimate of drug-likeness (QED) is 0.373. The third-order valence-corrected chi connectivity index (χ3v) is 4.53. The summed E-state index contributed by atoms with van der Waals surface area (Å²) in [7, 11) is 1.28. The van der Waals surface area contributed by atoms with E-state index in [0.29, 0.717) is 12.2 Å². The Labute approximate surface area is 170 Å². The molecule has 2 aromatic heterocycles. The second kappa shape index (κ2) is 8.03. The summed E-state index contributed by atoms with van der Waals surface area (Å²) in [5, 5.41) is 24.2. The predicted molar refractivity (Wildman–Crippen MR) is 109 cm³/mol. The van der Waals surface area contributed by atoms with Crippen LogP contribution in [0, 0.1) is 10.1 Å². The summed E-state index contributed by atoms with van der Waals surface area (Å²) in [5.74, 6) is -0.532. The van der Waals surface area contributed by atoms with Crippen LogP contribution in [0.5, 0.6) is 5.88 Å². The molecule has 0 fully saturated rings. The zero-order chi connectivity index (χ0) is 21.1. The Morgan fingerprint density at radius 3 is 2.73 bits per heavy atom. The summed E-state index contributed by atoms with van der Waals surface area (Å²) < 4.78 is 7.75. The third kappa shape index (κ3) is 3.97. The highest BCUT2D eigenvalue weighted by Gasteiger charge is 2.21. The molecule has 30 heavy (non-hydrogen) atoms. The standard InChI is InChI=1S/C20H18N6O4/c1-30-20-18(26(28)29)12-25(23-20)13-19(27)22-16-9-21-24(11-16)10-15-7-4-6-14-5-2-3-8-17(14)15/h2-9,11-12H,10,13H2,1H3,(H,22,27). The number of methoxy groups -OCH3 is 1. The number of nitro groups is 1. The van der Waals surface area contributed by atoms with Gasteiger partial charge in [0.1, 0.15) is 12.7 Å². The first kappa shape index (κ1) is 19.1. The fourth-order valence-corrected chi connectivity index (χ4v) is 3.21. The van der Waals surface area contributed by atoms with E-state index in [1.807, 2.05) is 24.3 Å². The number of ether oxygens (including phenoxy) is 1. The van der Waals surface area contributed by atoms with Crippen LogP contribution in [0.2, 0.25) is 0 Å². The molecule has 2 aromatic carbocycles. The molecular formula is C20H18N6O4. The van der Waals surface area contributed by atoms with Crippen LogP contribution in [0.3, 0.4) is 0 Å². The molecule has 2 heterocycles. The van der Waals surface area contributed by atoms with Gasteiger partial charge in [-0.3, -0.25) is 24.3 Å². The molecule has 0 aliphatic carbocycles. The van der Waals surface area contributed by atoms with E-state index >= 15 is 0 Å². The zero-order valence-corrected chi connectivity index (χ0v) is 16.1. The van der Waals surface area contributed by atoms with Gasteiger partial charge in [-0.05, 0) is 16.3 Å². The summed E-state index contributed by atoms with van der Waals surface area (Å²) in [5.41, 5.74) is 1.34. The second-order valence-corrected chi connectivity index (χ2v) is 6.59. The van der Waals surface area contributed by atoms with E-state index < -0.39 is 4.92 Å². The maximum absolute atomic E-state index is 12.3. The molecule has 1 N–H and O–H groups in total. The minimum absolute atomic E-state index is 0.143. The van der Waals surface area contributed by atoms with Crippen molar-refractivity contribution in [2.75, 3.05) is 12.4 Å². The monoisotopic (exact) mass is 406 g/mol. The molecule has 4 aromatic rings. The highest BCUT2D eigenvalue weighted by molar-refractivity contribution is 5.90. The molecule has 10 nitrogen and oxygen atoms in total. The Hall–Kier alpha value is -4.21. The zero-order valence-electron chi connectivity index (χ0n) is 16.1. The van der Waals surface area contributed by atoms with E-state index in [1.54, 1.807) is 17.1 Å². The van der Waals surface area contributed by atoms with Crippen LogP contribution in [0.25, 0.3) is 10.8 Å². The van der Waals surface area contributed by atoms with Crippen LogP contribution in [0.1, 0.15) is 5.56 Å². The smallest absolute Gasteiger partial charge is 0.350 e. The van der Waals surface area contributed by atoms with Crippen LogP contribution in [-0.4, -0.2) is 37.5 Å². The molecule has 0 saturated heterocycles. The van der Waals surface area contributed by atoms with Gasteiger partial charge in [0, 0.05) is 6.20 Å². The number of benzene rings is 2. The van der Waals surface area contributed by atoms with Gasteiger partial charge in [0.25, 0.3) is 0 Å². The highest BCUT2D eigenvalue weighted by Crippen LogP contribution is 2.24. The largest absolute Gasteiger partial charge is 0.475 e. The van der Waals surface area contributed by atoms with Gasteiger partial charge in [-0.2, -0.15) is 5.10 Å². The number of carbonyl (C=O) groups excluding carboxylic acids is 1. The van der Waals surface area contributed by atoms with Crippen molar-refractivity contribution in [1.82, 2.24) is 19.6 Å². The van der Waals surface area contributed by atoms with E-state index in [0.717, 1.165) is 27.2 Å². The molecule has 0 aliphatic rings. The van der Waals surface area contributed by atoms with Gasteiger partial charge in [-0.25, -0.2) is 0 Å². The topological polar surface area (TPSA) is 117 Å². The van der Waals surface area contributed by atoms with Crippen LogP contribution in [-0.2, 0) is 17.9 Å². The summed E-state index contributed by atoms with van der Waals surface area (Å²) >= 11 is 0. The lowest BCUT2D eigenvalue weighted by Crippen LogP contribution is -2.18. The Bertz CT molecular complexity index is 1220. The average Bonchev–Trinajstić information content (AvgIpc) is 3.35. The number of hydrogen-bond acceptors (Lipinski definition) is 6. The minimum Gasteiger partial charge on any atom is -0.475 e. The molecule has 1 amide bonds. The summed E-state index contributed by atoms with van der Waals surface area (Å²) in [6, 6.07) is 14.2. The van der Waals surface area contributed by atoms with Gasteiger partial charge in [-0.15, -0.1) is 5.10 Å². The molecule has 152 valence electrons. The normalized spacial score (nSPS) is 10.8. The molecule has 10 heteroatoms. The first-order valence-electron chi connectivity index (χ1n) is 9.08. The number of anilines is 1. The summed E-state index contributed by atoms with van der Waals surface area (Å²) in [6.07, 6.45) is 4.43. The van der Waals surface area contributed by atoms with E-state index in [9.17, 15) is 14.9 Å². The van der Waals surface area contributed by atoms with Crippen molar-refractivity contribution in [3.8, 4) is 5.88 Å². The van der Waals surface area contributed by atoms with Crippen molar-refractivity contribution < 1.29 is 14.5 Å². The SMILES string of the molecule is COc1nn(CC(=O)Nc2cnn(Cc3cccc4ccccc34)c2)cc1[N+](=O)[O-]. The van der Waals surface area contributed by atoms with Crippen molar-refractivity contribution in [1.29, 1.82) is 0 Å². The maximum atomic E-state index is 12.3. The Morgan fingerprint density at radius 2 is 1.97 bits per heavy atom. The van der Waals surface area contributed by atoms with Crippen molar-refractivity contribution in [2.24, 2.45) is 0 Å². The minimum atomic E-state index is -0.614. The summed E-state index contributed by atoms with van der Waals surface area (Å²) in [4.78, 5) is 22.6. The molecule has 0 atom stereocenters. The van der Waals surface area contributed by atoms with Crippen molar-refractivity contribution in [2.45, 2.75) is 13.1 Å². The van der Waals surface area contributed by atoms with Gasteiger partial charge in [0.05, 0.1) is 30.5 Å². The molecule has 0 spiro atoms. The van der Waals surface area contributed by atoms with Gasteiger partial charge < -0.3 is 10.1 Å². The summed E-state index contributed by atoms with van der Waals surface area (Å²) in [6.45, 7) is 0.360. The third-order valence-electron chi connectivity index (χ3n) is 4.53. The average molecular weight is 406 g/mol. The predicted octanol–water partition coefficient (Wildman–Crippen LogP) is 2.84. The number of hydrogen-bond donors (Lipinski definition) is 1. The van der Waals surface area contributed by atoms with E-state index in [-0.39, 0.29) is 24.0 Å². The lowest BCUT2D eigenvalue weighted by Gasteiger charge is -2.06. The van der Waals surface area contributed by atoms with Gasteiger partial charge >= 0.3 is 11.6 Å². The number of aromatic nitrogens is 4. The molecule has 0 radical (unpaired) electrons. The lowest BCUT2D eigenvalue weighted by atomic mass is 10.0. The van der Waals surface area contributed by atoms with Crippen LogP contribution in [0.15, 0.2) is 61.1 Å². The second-order valence-electron chi connectivity index (χ2n) is 6.59. The van der Waals surface area contributed by atoms with Crippen molar-refractivity contribution in [3.63, 3.8) is 0 Å². The molecule has 0 saturated carbocycles. The Morgan fingerprint density at radius 1 is 1.17 bits per heavy atom. The molecule has 4 rings (SSSR count). The van der Waals surface area contributed by atoms with Crippen LogP contribution >= 0.6 is 0 Å². The van der Waals surface area contributed by atoms with Crippen LogP contribution in [0.4, 0.5) is 11.4 Å². The number of rotatable bonds is 7. The fraction of sp³-hybridized carbons (Fsp3) is 0.150. The van der Waals surface area contributed by atoms with Crippen LogP contribution < -0.4 is 10.1 Å². The highest BCUT2D eigenvalue weighted by atomic mass is 16.6. The number of fused-ring (bicyclic) bond motifs is 1. The molecular weight excluding hydrogens is 388 g/mol. The molecule has 0 unspecified atom stereocenters. The number of nitrogens with zero attached hydrogens (tertiary/aromatic N) is 5. The van der Waals surface area contributed by atoms with E-state index in [2.05, 4.69) is 33.7 Å². The molecule has 0 aliphatic heterocycles. The van der Waals surface area contributed by atoms with Crippen molar-refractivity contribution in [3.05, 3.63) is 76.7 Å².